The highest BCUT2D eigenvalue weighted by Crippen LogP contribution is 2.31. The van der Waals surface area contributed by atoms with Crippen LogP contribution in [0.25, 0.3) is 0 Å². The van der Waals surface area contributed by atoms with Gasteiger partial charge in [0.1, 0.15) is 18.3 Å². The van der Waals surface area contributed by atoms with Gasteiger partial charge in [-0.3, -0.25) is 9.59 Å². The Kier molecular flexibility index (Phi) is 2.85. The fraction of sp³-hybridized carbons (Fsp3) is 0.818. The van der Waals surface area contributed by atoms with Crippen LogP contribution in [0.3, 0.4) is 0 Å². The Labute approximate surface area is 83.8 Å². The molecule has 2 rings (SSSR count). The molecule has 78 valence electrons. The van der Waals surface area contributed by atoms with Gasteiger partial charge in [0.25, 0.3) is 0 Å². The lowest BCUT2D eigenvalue weighted by Crippen LogP contribution is -2.18. The first-order valence-electron chi connectivity index (χ1n) is 5.48. The van der Waals surface area contributed by atoms with E-state index in [1.807, 2.05) is 0 Å². The number of carbonyl (C=O) groups excluding carboxylic acids is 2. The molecule has 0 radical (unpaired) electrons. The van der Waals surface area contributed by atoms with E-state index >= 15 is 0 Å². The van der Waals surface area contributed by atoms with Crippen LogP contribution in [0.1, 0.15) is 44.9 Å². The standard InChI is InChI=1S/C11H16O3/c12-10(8-5-6-8)7-11(13)14-9-3-1-2-4-9/h8-9H,1-7H2. The van der Waals surface area contributed by atoms with E-state index < -0.39 is 0 Å². The highest BCUT2D eigenvalue weighted by atomic mass is 16.5. The highest BCUT2D eigenvalue weighted by molar-refractivity contribution is 5.97. The molecule has 0 aliphatic heterocycles. The molecule has 2 aliphatic carbocycles. The molecular weight excluding hydrogens is 180 g/mol. The molecule has 0 N–H and O–H groups in total. The summed E-state index contributed by atoms with van der Waals surface area (Å²) in [4.78, 5) is 22.6. The van der Waals surface area contributed by atoms with Gasteiger partial charge < -0.3 is 4.74 Å². The van der Waals surface area contributed by atoms with Gasteiger partial charge in [0, 0.05) is 5.92 Å². The lowest BCUT2D eigenvalue weighted by molar-refractivity contribution is -0.150. The Hall–Kier alpha value is -0.860. The average Bonchev–Trinajstić information content (AvgIpc) is 2.87. The predicted octanol–water partition coefficient (Wildman–Crippen LogP) is 1.84. The first-order chi connectivity index (χ1) is 6.75. The summed E-state index contributed by atoms with van der Waals surface area (Å²) >= 11 is 0. The summed E-state index contributed by atoms with van der Waals surface area (Å²) in [5.41, 5.74) is 0. The van der Waals surface area contributed by atoms with Crippen molar-refractivity contribution in [3.8, 4) is 0 Å². The maximum Gasteiger partial charge on any atom is 0.313 e. The molecule has 3 heteroatoms. The summed E-state index contributed by atoms with van der Waals surface area (Å²) < 4.78 is 5.20. The Morgan fingerprint density at radius 1 is 1.07 bits per heavy atom. The molecule has 0 aromatic carbocycles. The molecule has 2 saturated carbocycles. The third-order valence-corrected chi connectivity index (χ3v) is 2.95. The monoisotopic (exact) mass is 196 g/mol. The molecule has 0 unspecified atom stereocenters. The van der Waals surface area contributed by atoms with E-state index in [9.17, 15) is 9.59 Å². The van der Waals surface area contributed by atoms with Crippen LogP contribution >= 0.6 is 0 Å². The molecule has 0 atom stereocenters. The predicted molar refractivity (Wildman–Crippen MR) is 50.7 cm³/mol. The third-order valence-electron chi connectivity index (χ3n) is 2.95. The van der Waals surface area contributed by atoms with Crippen molar-refractivity contribution >= 4 is 11.8 Å². The summed E-state index contributed by atoms with van der Waals surface area (Å²) in [6, 6.07) is 0. The summed E-state index contributed by atoms with van der Waals surface area (Å²) in [6.45, 7) is 0. The molecule has 2 fully saturated rings. The third kappa shape index (κ3) is 2.56. The van der Waals surface area contributed by atoms with Crippen LogP contribution in [-0.4, -0.2) is 17.9 Å². The van der Waals surface area contributed by atoms with Crippen LogP contribution in [0.2, 0.25) is 0 Å². The van der Waals surface area contributed by atoms with Crippen molar-refractivity contribution < 1.29 is 14.3 Å². The minimum absolute atomic E-state index is 0.00116. The molecule has 0 bridgehead atoms. The minimum Gasteiger partial charge on any atom is -0.462 e. The largest absolute Gasteiger partial charge is 0.462 e. The topological polar surface area (TPSA) is 43.4 Å². The van der Waals surface area contributed by atoms with Crippen LogP contribution in [-0.2, 0) is 14.3 Å². The van der Waals surface area contributed by atoms with Gasteiger partial charge in [-0.05, 0) is 38.5 Å². The molecule has 0 saturated heterocycles. The van der Waals surface area contributed by atoms with E-state index in [0.29, 0.717) is 0 Å². The molecule has 0 amide bonds. The van der Waals surface area contributed by atoms with E-state index in [4.69, 9.17) is 4.74 Å². The van der Waals surface area contributed by atoms with Crippen molar-refractivity contribution in [2.45, 2.75) is 51.0 Å². The Morgan fingerprint density at radius 3 is 2.29 bits per heavy atom. The number of hydrogen-bond acceptors (Lipinski definition) is 3. The van der Waals surface area contributed by atoms with E-state index in [-0.39, 0.29) is 30.2 Å². The fourth-order valence-corrected chi connectivity index (χ4v) is 1.93. The maximum atomic E-state index is 11.3. The number of ketones is 1. The lowest BCUT2D eigenvalue weighted by atomic mass is 10.2. The van der Waals surface area contributed by atoms with E-state index in [1.54, 1.807) is 0 Å². The SMILES string of the molecule is O=C(CC(=O)C1CC1)OC1CCCC1. The van der Waals surface area contributed by atoms with Crippen molar-refractivity contribution in [2.75, 3.05) is 0 Å². The van der Waals surface area contributed by atoms with Gasteiger partial charge in [-0.15, -0.1) is 0 Å². The summed E-state index contributed by atoms with van der Waals surface area (Å²) in [5, 5.41) is 0. The first kappa shape index (κ1) is 9.69. The minimum atomic E-state index is -0.311. The zero-order chi connectivity index (χ0) is 9.97. The van der Waals surface area contributed by atoms with E-state index in [1.165, 1.54) is 0 Å². The van der Waals surface area contributed by atoms with E-state index in [2.05, 4.69) is 0 Å². The molecule has 14 heavy (non-hydrogen) atoms. The van der Waals surface area contributed by atoms with E-state index in [0.717, 1.165) is 38.5 Å². The van der Waals surface area contributed by atoms with Crippen molar-refractivity contribution in [1.29, 1.82) is 0 Å². The summed E-state index contributed by atoms with van der Waals surface area (Å²) in [7, 11) is 0. The number of Topliss-reactive ketones (excluding diaryl/α,β-unsaturated/α-hetero) is 1. The fourth-order valence-electron chi connectivity index (χ4n) is 1.93. The summed E-state index contributed by atoms with van der Waals surface area (Å²) in [5.74, 6) is -0.0621. The maximum absolute atomic E-state index is 11.3. The van der Waals surface area contributed by atoms with Crippen molar-refractivity contribution in [2.24, 2.45) is 5.92 Å². The molecule has 0 heterocycles. The highest BCUT2D eigenvalue weighted by Gasteiger charge is 2.31. The van der Waals surface area contributed by atoms with Crippen LogP contribution < -0.4 is 0 Å². The number of carbonyl (C=O) groups is 2. The molecule has 0 aromatic rings. The lowest BCUT2D eigenvalue weighted by Gasteiger charge is -2.10. The Bertz CT molecular complexity index is 237. The molecular formula is C11H16O3. The number of rotatable bonds is 4. The summed E-state index contributed by atoms with van der Waals surface area (Å²) in [6.07, 6.45) is 6.27. The number of esters is 1. The Balaban J connectivity index is 1.69. The van der Waals surface area contributed by atoms with Gasteiger partial charge in [0.15, 0.2) is 0 Å². The first-order valence-corrected chi connectivity index (χ1v) is 5.48. The van der Waals surface area contributed by atoms with Gasteiger partial charge in [0.05, 0.1) is 0 Å². The molecule has 3 nitrogen and oxygen atoms in total. The zero-order valence-corrected chi connectivity index (χ0v) is 8.33. The second-order valence-electron chi connectivity index (χ2n) is 4.31. The molecule has 0 spiro atoms. The average molecular weight is 196 g/mol. The second-order valence-corrected chi connectivity index (χ2v) is 4.31. The van der Waals surface area contributed by atoms with Crippen molar-refractivity contribution in [3.05, 3.63) is 0 Å². The molecule has 0 aromatic heterocycles. The Morgan fingerprint density at radius 2 is 1.71 bits per heavy atom. The normalized spacial score (nSPS) is 22.3. The van der Waals surface area contributed by atoms with Gasteiger partial charge in [-0.2, -0.15) is 0 Å². The van der Waals surface area contributed by atoms with Gasteiger partial charge in [0.2, 0.25) is 0 Å². The van der Waals surface area contributed by atoms with Gasteiger partial charge in [-0.25, -0.2) is 0 Å². The zero-order valence-electron chi connectivity index (χ0n) is 8.33. The quantitative estimate of drug-likeness (QED) is 0.509. The second kappa shape index (κ2) is 4.11. The van der Waals surface area contributed by atoms with Crippen LogP contribution in [0.4, 0.5) is 0 Å². The molecule has 2 aliphatic rings. The van der Waals surface area contributed by atoms with Crippen molar-refractivity contribution in [3.63, 3.8) is 0 Å². The smallest absolute Gasteiger partial charge is 0.313 e. The van der Waals surface area contributed by atoms with Crippen LogP contribution in [0.5, 0.6) is 0 Å². The number of ether oxygens (including phenoxy) is 1. The van der Waals surface area contributed by atoms with Crippen LogP contribution in [0.15, 0.2) is 0 Å². The van der Waals surface area contributed by atoms with Gasteiger partial charge in [-0.1, -0.05) is 0 Å². The van der Waals surface area contributed by atoms with Crippen LogP contribution in [0, 0.1) is 5.92 Å². The van der Waals surface area contributed by atoms with Gasteiger partial charge >= 0.3 is 5.97 Å². The van der Waals surface area contributed by atoms with Crippen molar-refractivity contribution in [1.82, 2.24) is 0 Å². The number of hydrogen-bond donors (Lipinski definition) is 0.